The normalized spacial score (nSPS) is 54.6. The Labute approximate surface area is 146 Å². The highest BCUT2D eigenvalue weighted by molar-refractivity contribution is 6.43. The van der Waals surface area contributed by atoms with Crippen molar-refractivity contribution in [3.05, 3.63) is 0 Å². The van der Waals surface area contributed by atoms with Gasteiger partial charge in [-0.1, -0.05) is 6.82 Å². The third kappa shape index (κ3) is 1.30. The van der Waals surface area contributed by atoms with Gasteiger partial charge in [-0.15, -0.1) is 0 Å². The first-order valence-electron chi connectivity index (χ1n) is 9.64. The van der Waals surface area contributed by atoms with Crippen molar-refractivity contribution >= 4 is 31.0 Å². The second-order valence-corrected chi connectivity index (χ2v) is 9.04. The van der Waals surface area contributed by atoms with Crippen LogP contribution in [0.1, 0.15) is 12.8 Å². The summed E-state index contributed by atoms with van der Waals surface area (Å²) in [6, 6.07) is 0. The molecule has 6 aliphatic rings. The van der Waals surface area contributed by atoms with Crippen LogP contribution in [-0.4, -0.2) is 47.8 Å². The highest BCUT2D eigenvalue weighted by Crippen LogP contribution is 2.74. The van der Waals surface area contributed by atoms with Gasteiger partial charge < -0.3 is 4.81 Å². The van der Waals surface area contributed by atoms with Gasteiger partial charge >= 0.3 is 0 Å². The van der Waals surface area contributed by atoms with E-state index in [9.17, 15) is 19.2 Å². The molecule has 0 N–H and O–H groups in total. The molecule has 0 aromatic heterocycles. The standard InChI is InChI=1S/C18H21BN2O4/c1-19-21-17(24)13-7-4-8(14(13)18(21)25)10-6-3-5(9(7)10)11-12(6)16(23)20(2)15(11)22/h5-14,19H,3-4H2,1-2H3. The van der Waals surface area contributed by atoms with E-state index < -0.39 is 0 Å². The Morgan fingerprint density at radius 3 is 1.44 bits per heavy atom. The first-order valence-corrected chi connectivity index (χ1v) is 9.64. The van der Waals surface area contributed by atoms with Crippen molar-refractivity contribution in [2.75, 3.05) is 7.05 Å². The Hall–Kier alpha value is -1.66. The van der Waals surface area contributed by atoms with Crippen LogP contribution in [0.4, 0.5) is 0 Å². The fraction of sp³-hybridized carbons (Fsp3) is 0.778. The number of rotatable bonds is 1. The molecule has 7 heteroatoms. The van der Waals surface area contributed by atoms with Gasteiger partial charge in [-0.2, -0.15) is 0 Å². The van der Waals surface area contributed by atoms with E-state index in [0.717, 1.165) is 12.8 Å². The van der Waals surface area contributed by atoms with E-state index in [1.54, 1.807) is 7.05 Å². The van der Waals surface area contributed by atoms with E-state index in [0.29, 0.717) is 19.3 Å². The summed E-state index contributed by atoms with van der Waals surface area (Å²) in [5.74, 6) is 1.14. The van der Waals surface area contributed by atoms with Crippen molar-refractivity contribution in [3.8, 4) is 0 Å². The molecule has 25 heavy (non-hydrogen) atoms. The van der Waals surface area contributed by atoms with E-state index in [4.69, 9.17) is 0 Å². The minimum Gasteiger partial charge on any atom is -0.333 e. The number of nitrogens with zero attached hydrogens (tertiary/aromatic N) is 2. The third-order valence-corrected chi connectivity index (χ3v) is 8.78. The molecule has 4 saturated carbocycles. The number of amides is 4. The Morgan fingerprint density at radius 1 is 0.720 bits per heavy atom. The van der Waals surface area contributed by atoms with Crippen LogP contribution in [0.2, 0.25) is 6.82 Å². The maximum absolute atomic E-state index is 12.8. The molecular formula is C18H21BN2O4. The number of likely N-dealkylation sites (tertiary alicyclic amines) is 1. The lowest BCUT2D eigenvalue weighted by Crippen LogP contribution is -2.45. The average Bonchev–Trinajstić information content (AvgIpc) is 3.37. The number of imide groups is 2. The van der Waals surface area contributed by atoms with Crippen LogP contribution < -0.4 is 0 Å². The van der Waals surface area contributed by atoms with E-state index in [2.05, 4.69) is 0 Å². The largest absolute Gasteiger partial charge is 0.333 e. The molecule has 6 rings (SSSR count). The van der Waals surface area contributed by atoms with Crippen LogP contribution in [0.5, 0.6) is 0 Å². The number of hydrogen-bond acceptors (Lipinski definition) is 4. The molecule has 0 spiro atoms. The summed E-state index contributed by atoms with van der Waals surface area (Å²) in [4.78, 5) is 53.5. The highest BCUT2D eigenvalue weighted by Gasteiger charge is 2.76. The summed E-state index contributed by atoms with van der Waals surface area (Å²) in [6.07, 6.45) is 1.90. The molecule has 0 aromatic carbocycles. The lowest BCUT2D eigenvalue weighted by molar-refractivity contribution is -0.139. The van der Waals surface area contributed by atoms with Crippen LogP contribution in [0, 0.1) is 59.2 Å². The summed E-state index contributed by atoms with van der Waals surface area (Å²) in [7, 11) is 2.06. The molecule has 0 aromatic rings. The number of fused-ring (bicyclic) bond motifs is 15. The van der Waals surface area contributed by atoms with E-state index in [-0.39, 0.29) is 71.0 Å². The van der Waals surface area contributed by atoms with Crippen molar-refractivity contribution in [2.45, 2.75) is 19.7 Å². The Balaban J connectivity index is 1.42. The van der Waals surface area contributed by atoms with Crippen LogP contribution in [0.3, 0.4) is 0 Å². The molecule has 6 nitrogen and oxygen atoms in total. The van der Waals surface area contributed by atoms with Gasteiger partial charge in [0.1, 0.15) is 0 Å². The van der Waals surface area contributed by atoms with Crippen LogP contribution in [-0.2, 0) is 19.2 Å². The van der Waals surface area contributed by atoms with Crippen molar-refractivity contribution < 1.29 is 19.2 Å². The first-order chi connectivity index (χ1) is 12.0. The molecule has 10 atom stereocenters. The molecule has 10 unspecified atom stereocenters. The molecule has 2 saturated heterocycles. The van der Waals surface area contributed by atoms with Gasteiger partial charge in [-0.3, -0.25) is 24.1 Å². The zero-order chi connectivity index (χ0) is 17.4. The fourth-order valence-corrected chi connectivity index (χ4v) is 8.33. The van der Waals surface area contributed by atoms with Crippen molar-refractivity contribution in [3.63, 3.8) is 0 Å². The van der Waals surface area contributed by atoms with Crippen molar-refractivity contribution in [2.24, 2.45) is 59.2 Å². The van der Waals surface area contributed by atoms with Crippen molar-refractivity contribution in [1.29, 1.82) is 0 Å². The molecule has 6 fully saturated rings. The molecular weight excluding hydrogens is 319 g/mol. The summed E-state index contributed by atoms with van der Waals surface area (Å²) in [5.41, 5.74) is 0. The van der Waals surface area contributed by atoms with Gasteiger partial charge in [0.05, 0.1) is 23.7 Å². The molecule has 4 aliphatic carbocycles. The van der Waals surface area contributed by atoms with E-state index in [1.807, 2.05) is 6.82 Å². The number of carbonyl (C=O) groups is 4. The summed E-state index contributed by atoms with van der Waals surface area (Å²) < 4.78 is 0. The molecule has 2 aliphatic heterocycles. The Morgan fingerprint density at radius 2 is 1.08 bits per heavy atom. The van der Waals surface area contributed by atoms with Gasteiger partial charge in [0, 0.05) is 7.05 Å². The Kier molecular flexibility index (Phi) is 2.43. The lowest BCUT2D eigenvalue weighted by Gasteiger charge is -2.42. The molecule has 4 amide bonds. The lowest BCUT2D eigenvalue weighted by atomic mass is 9.59. The number of carbonyl (C=O) groups excluding carboxylic acids is 4. The minimum atomic E-state index is -0.156. The monoisotopic (exact) mass is 340 g/mol. The first kappa shape index (κ1) is 14.5. The van der Waals surface area contributed by atoms with Gasteiger partial charge in [0.2, 0.25) is 31.0 Å². The minimum absolute atomic E-state index is 0.00992. The number of hydrogen-bond donors (Lipinski definition) is 0. The van der Waals surface area contributed by atoms with Crippen molar-refractivity contribution in [1.82, 2.24) is 9.71 Å². The van der Waals surface area contributed by atoms with E-state index >= 15 is 0 Å². The van der Waals surface area contributed by atoms with Crippen LogP contribution >= 0.6 is 0 Å². The predicted octanol–water partition coefficient (Wildman–Crippen LogP) is -0.250. The van der Waals surface area contributed by atoms with Crippen LogP contribution in [0.15, 0.2) is 0 Å². The van der Waals surface area contributed by atoms with Gasteiger partial charge in [0.25, 0.3) is 0 Å². The quantitative estimate of drug-likeness (QED) is 0.375. The molecule has 130 valence electrons. The smallest absolute Gasteiger partial charge is 0.246 e. The highest BCUT2D eigenvalue weighted by atomic mass is 16.2. The van der Waals surface area contributed by atoms with Gasteiger partial charge in [-0.25, -0.2) is 0 Å². The van der Waals surface area contributed by atoms with Gasteiger partial charge in [-0.05, 0) is 48.3 Å². The molecule has 0 radical (unpaired) electrons. The Bertz CT molecular complexity index is 710. The van der Waals surface area contributed by atoms with E-state index in [1.165, 1.54) is 9.71 Å². The zero-order valence-electron chi connectivity index (χ0n) is 14.4. The molecule has 4 bridgehead atoms. The zero-order valence-corrected chi connectivity index (χ0v) is 14.4. The van der Waals surface area contributed by atoms with Gasteiger partial charge in [0.15, 0.2) is 0 Å². The second kappa shape index (κ2) is 4.18. The maximum atomic E-state index is 12.8. The summed E-state index contributed by atoms with van der Waals surface area (Å²) >= 11 is 0. The maximum Gasteiger partial charge on any atom is 0.246 e. The summed E-state index contributed by atoms with van der Waals surface area (Å²) in [6.45, 7) is 1.86. The summed E-state index contributed by atoms with van der Waals surface area (Å²) in [5, 5.41) is 0. The predicted molar refractivity (Wildman–Crippen MR) is 86.8 cm³/mol. The fourth-order valence-electron chi connectivity index (χ4n) is 8.33. The third-order valence-electron chi connectivity index (χ3n) is 8.78. The average molecular weight is 340 g/mol. The topological polar surface area (TPSA) is 74.8 Å². The van der Waals surface area contributed by atoms with Crippen LogP contribution in [0.25, 0.3) is 0 Å². The molecule has 2 heterocycles. The second-order valence-electron chi connectivity index (χ2n) is 9.04. The SMILES string of the molecule is CBN1C(=O)C2C3CC(C2C1=O)C1C2CC(C4C(=O)N(C)C(=O)C24)C31.